The van der Waals surface area contributed by atoms with Gasteiger partial charge in [0.15, 0.2) is 5.96 Å². The van der Waals surface area contributed by atoms with Gasteiger partial charge >= 0.3 is 0 Å². The van der Waals surface area contributed by atoms with Crippen molar-refractivity contribution in [3.8, 4) is 0 Å². The number of guanidine groups is 1. The minimum atomic E-state index is 0. The fraction of sp³-hybridized carbons (Fsp3) is 0.294. The summed E-state index contributed by atoms with van der Waals surface area (Å²) < 4.78 is 0. The molecule has 6 heteroatoms. The molecule has 1 heterocycles. The molecule has 124 valence electrons. The maximum absolute atomic E-state index is 5.98. The maximum atomic E-state index is 5.98. The number of halogens is 2. The average molecular weight is 445 g/mol. The van der Waals surface area contributed by atoms with E-state index in [1.165, 1.54) is 11.1 Å². The van der Waals surface area contributed by atoms with E-state index in [2.05, 4.69) is 32.7 Å². The molecule has 0 unspecified atom stereocenters. The van der Waals surface area contributed by atoms with E-state index in [0.29, 0.717) is 0 Å². The molecule has 2 rings (SSSR count). The average Bonchev–Trinajstić information content (AvgIpc) is 2.54. The highest BCUT2D eigenvalue weighted by atomic mass is 127. The van der Waals surface area contributed by atoms with Gasteiger partial charge in [-0.3, -0.25) is 9.98 Å². The zero-order valence-electron chi connectivity index (χ0n) is 13.1. The number of hydrogen-bond acceptors (Lipinski definition) is 2. The van der Waals surface area contributed by atoms with Gasteiger partial charge in [0, 0.05) is 37.6 Å². The van der Waals surface area contributed by atoms with Crippen molar-refractivity contribution in [1.29, 1.82) is 0 Å². The standard InChI is InChI=1S/C17H21ClN4.HI/c1-19-17(22-11-8-15-5-3-9-20-13-15)21-10-7-14-4-2-6-16(18)12-14;/h2-6,9,12-13H,7-8,10-11H2,1H3,(H2,19,21,22);1H. The maximum Gasteiger partial charge on any atom is 0.190 e. The van der Waals surface area contributed by atoms with Gasteiger partial charge in [-0.25, -0.2) is 0 Å². The highest BCUT2D eigenvalue weighted by molar-refractivity contribution is 14.0. The lowest BCUT2D eigenvalue weighted by Gasteiger charge is -2.12. The summed E-state index contributed by atoms with van der Waals surface area (Å²) in [5.74, 6) is 0.811. The number of hydrogen-bond donors (Lipinski definition) is 2. The van der Waals surface area contributed by atoms with Crippen molar-refractivity contribution in [1.82, 2.24) is 15.6 Å². The first-order valence-electron chi connectivity index (χ1n) is 7.36. The fourth-order valence-corrected chi connectivity index (χ4v) is 2.32. The van der Waals surface area contributed by atoms with Gasteiger partial charge in [0.2, 0.25) is 0 Å². The predicted octanol–water partition coefficient (Wildman–Crippen LogP) is 3.30. The zero-order chi connectivity index (χ0) is 15.6. The van der Waals surface area contributed by atoms with Gasteiger partial charge in [0.1, 0.15) is 0 Å². The van der Waals surface area contributed by atoms with Gasteiger partial charge in [0.05, 0.1) is 0 Å². The molecule has 2 aromatic rings. The van der Waals surface area contributed by atoms with E-state index in [9.17, 15) is 0 Å². The molecule has 0 spiro atoms. The van der Waals surface area contributed by atoms with Crippen LogP contribution >= 0.6 is 35.6 Å². The fourth-order valence-electron chi connectivity index (χ4n) is 2.11. The van der Waals surface area contributed by atoms with Crippen LogP contribution in [0.1, 0.15) is 11.1 Å². The first kappa shape index (κ1) is 19.7. The SMILES string of the molecule is CN=C(NCCc1cccnc1)NCCc1cccc(Cl)c1.I. The lowest BCUT2D eigenvalue weighted by atomic mass is 10.1. The Hall–Kier alpha value is -1.34. The highest BCUT2D eigenvalue weighted by Gasteiger charge is 1.99. The first-order valence-corrected chi connectivity index (χ1v) is 7.73. The van der Waals surface area contributed by atoms with Crippen LogP contribution in [-0.4, -0.2) is 31.1 Å². The number of nitrogens with zero attached hydrogens (tertiary/aromatic N) is 2. The Morgan fingerprint density at radius 3 is 2.39 bits per heavy atom. The number of benzene rings is 1. The summed E-state index contributed by atoms with van der Waals surface area (Å²) in [6.07, 6.45) is 5.50. The van der Waals surface area contributed by atoms with Crippen molar-refractivity contribution in [2.24, 2.45) is 4.99 Å². The summed E-state index contributed by atoms with van der Waals surface area (Å²) in [5, 5.41) is 7.38. The third kappa shape index (κ3) is 7.65. The van der Waals surface area contributed by atoms with Crippen molar-refractivity contribution in [2.75, 3.05) is 20.1 Å². The van der Waals surface area contributed by atoms with E-state index >= 15 is 0 Å². The third-order valence-electron chi connectivity index (χ3n) is 3.25. The molecular weight excluding hydrogens is 423 g/mol. The molecule has 0 atom stereocenters. The Morgan fingerprint density at radius 1 is 1.09 bits per heavy atom. The molecule has 0 saturated heterocycles. The normalized spacial score (nSPS) is 10.8. The predicted molar refractivity (Wildman–Crippen MR) is 108 cm³/mol. The van der Waals surface area contributed by atoms with Gasteiger partial charge in [-0.1, -0.05) is 29.8 Å². The van der Waals surface area contributed by atoms with Crippen LogP contribution in [0.2, 0.25) is 5.02 Å². The van der Waals surface area contributed by atoms with Crippen LogP contribution in [0.4, 0.5) is 0 Å². The van der Waals surface area contributed by atoms with Crippen LogP contribution in [0.5, 0.6) is 0 Å². The first-order chi connectivity index (χ1) is 10.8. The number of nitrogens with one attached hydrogen (secondary N) is 2. The number of aliphatic imine (C=N–C) groups is 1. The van der Waals surface area contributed by atoms with E-state index in [1.807, 2.05) is 30.5 Å². The molecule has 0 fully saturated rings. The van der Waals surface area contributed by atoms with Gasteiger partial charge in [-0.15, -0.1) is 24.0 Å². The van der Waals surface area contributed by atoms with E-state index in [0.717, 1.165) is 36.9 Å². The van der Waals surface area contributed by atoms with E-state index < -0.39 is 0 Å². The molecule has 1 aromatic heterocycles. The van der Waals surface area contributed by atoms with Gasteiger partial charge in [0.25, 0.3) is 0 Å². The monoisotopic (exact) mass is 444 g/mol. The van der Waals surface area contributed by atoms with Crippen LogP contribution in [0.15, 0.2) is 53.8 Å². The summed E-state index contributed by atoms with van der Waals surface area (Å²) in [7, 11) is 1.78. The second-order valence-corrected chi connectivity index (χ2v) is 5.35. The van der Waals surface area contributed by atoms with Crippen molar-refractivity contribution in [2.45, 2.75) is 12.8 Å². The molecular formula is C17H22ClIN4. The quantitative estimate of drug-likeness (QED) is 0.408. The van der Waals surface area contributed by atoms with Gasteiger partial charge < -0.3 is 10.6 Å². The van der Waals surface area contributed by atoms with Gasteiger partial charge in [-0.05, 0) is 42.2 Å². The highest BCUT2D eigenvalue weighted by Crippen LogP contribution is 2.10. The van der Waals surface area contributed by atoms with Gasteiger partial charge in [-0.2, -0.15) is 0 Å². The second-order valence-electron chi connectivity index (χ2n) is 4.92. The Labute approximate surface area is 159 Å². The molecule has 23 heavy (non-hydrogen) atoms. The van der Waals surface area contributed by atoms with Crippen LogP contribution < -0.4 is 10.6 Å². The third-order valence-corrected chi connectivity index (χ3v) is 3.48. The van der Waals surface area contributed by atoms with E-state index in [1.54, 1.807) is 13.2 Å². The Kier molecular flexibility index (Phi) is 9.63. The van der Waals surface area contributed by atoms with Crippen molar-refractivity contribution in [3.63, 3.8) is 0 Å². The molecule has 1 aromatic carbocycles. The molecule has 0 aliphatic rings. The van der Waals surface area contributed by atoms with Crippen molar-refractivity contribution in [3.05, 3.63) is 64.9 Å². The molecule has 0 bridgehead atoms. The minimum absolute atomic E-state index is 0. The van der Waals surface area contributed by atoms with Crippen LogP contribution in [0.25, 0.3) is 0 Å². The lowest BCUT2D eigenvalue weighted by molar-refractivity contribution is 0.783. The summed E-state index contributed by atoms with van der Waals surface area (Å²) in [5.41, 5.74) is 2.43. The number of rotatable bonds is 6. The van der Waals surface area contributed by atoms with E-state index in [4.69, 9.17) is 11.6 Å². The molecule has 4 nitrogen and oxygen atoms in total. The van der Waals surface area contributed by atoms with Crippen molar-refractivity contribution < 1.29 is 0 Å². The van der Waals surface area contributed by atoms with Crippen LogP contribution in [-0.2, 0) is 12.8 Å². The zero-order valence-corrected chi connectivity index (χ0v) is 16.2. The van der Waals surface area contributed by atoms with Crippen LogP contribution in [0, 0.1) is 0 Å². The van der Waals surface area contributed by atoms with E-state index in [-0.39, 0.29) is 24.0 Å². The molecule has 0 aliphatic heterocycles. The molecule has 0 saturated carbocycles. The second kappa shape index (κ2) is 11.2. The van der Waals surface area contributed by atoms with Crippen molar-refractivity contribution >= 4 is 41.5 Å². The Bertz CT molecular complexity index is 605. The molecule has 0 radical (unpaired) electrons. The number of pyridine rings is 1. The largest absolute Gasteiger partial charge is 0.356 e. The molecule has 2 N–H and O–H groups in total. The van der Waals surface area contributed by atoms with Crippen LogP contribution in [0.3, 0.4) is 0 Å². The lowest BCUT2D eigenvalue weighted by Crippen LogP contribution is -2.39. The summed E-state index contributed by atoms with van der Waals surface area (Å²) >= 11 is 5.98. The molecule has 0 amide bonds. The minimum Gasteiger partial charge on any atom is -0.356 e. The summed E-state index contributed by atoms with van der Waals surface area (Å²) in [4.78, 5) is 8.33. The Balaban J connectivity index is 0.00000264. The smallest absolute Gasteiger partial charge is 0.190 e. The number of aromatic nitrogens is 1. The summed E-state index contributed by atoms with van der Waals surface area (Å²) in [6.45, 7) is 1.63. The topological polar surface area (TPSA) is 49.3 Å². The summed E-state index contributed by atoms with van der Waals surface area (Å²) in [6, 6.07) is 11.9. The molecule has 0 aliphatic carbocycles. The Morgan fingerprint density at radius 2 is 1.78 bits per heavy atom.